The number of carbonyl (C=O) groups is 1. The average Bonchev–Trinajstić information content (AvgIpc) is 2.41. The summed E-state index contributed by atoms with van der Waals surface area (Å²) in [5.41, 5.74) is 2.92. The lowest BCUT2D eigenvalue weighted by molar-refractivity contribution is -0.125. The summed E-state index contributed by atoms with van der Waals surface area (Å²) in [7, 11) is 1.86. The van der Waals surface area contributed by atoms with Crippen LogP contribution in [-0.4, -0.2) is 19.5 Å². The Kier molecular flexibility index (Phi) is 3.09. The van der Waals surface area contributed by atoms with E-state index in [-0.39, 0.29) is 11.3 Å². The van der Waals surface area contributed by atoms with Crippen LogP contribution in [0.15, 0.2) is 18.2 Å². The van der Waals surface area contributed by atoms with Gasteiger partial charge in [0.2, 0.25) is 5.91 Å². The number of hydrogen-bond donors (Lipinski definition) is 1. The van der Waals surface area contributed by atoms with Crippen molar-refractivity contribution in [1.29, 1.82) is 0 Å². The molecule has 1 aromatic carbocycles. The van der Waals surface area contributed by atoms with Gasteiger partial charge in [-0.1, -0.05) is 19.9 Å². The molecule has 1 amide bonds. The normalized spacial score (nSPS) is 18.3. The molecule has 0 bridgehead atoms. The topological polar surface area (TPSA) is 32.3 Å². The van der Waals surface area contributed by atoms with Crippen molar-refractivity contribution < 1.29 is 4.79 Å². The molecule has 0 saturated heterocycles. The summed E-state index contributed by atoms with van der Waals surface area (Å²) >= 11 is 0. The van der Waals surface area contributed by atoms with Crippen molar-refractivity contribution in [2.45, 2.75) is 33.6 Å². The van der Waals surface area contributed by atoms with Crippen LogP contribution in [0.2, 0.25) is 0 Å². The van der Waals surface area contributed by atoms with Gasteiger partial charge in [0, 0.05) is 13.6 Å². The highest BCUT2D eigenvalue weighted by atomic mass is 16.2. The second-order valence-corrected chi connectivity index (χ2v) is 6.03. The lowest BCUT2D eigenvalue weighted by Gasteiger charge is -2.25. The van der Waals surface area contributed by atoms with Crippen LogP contribution in [0.25, 0.3) is 0 Å². The summed E-state index contributed by atoms with van der Waals surface area (Å²) in [6.07, 6.45) is 0. The number of rotatable bonds is 1. The summed E-state index contributed by atoms with van der Waals surface area (Å²) in [6.45, 7) is 8.96. The van der Waals surface area contributed by atoms with Crippen LogP contribution in [0.1, 0.15) is 39.2 Å². The van der Waals surface area contributed by atoms with Gasteiger partial charge in [0.05, 0.1) is 16.8 Å². The quantitative estimate of drug-likeness (QED) is 0.825. The number of anilines is 2. The van der Waals surface area contributed by atoms with Crippen LogP contribution < -0.4 is 10.2 Å². The van der Waals surface area contributed by atoms with Crippen molar-refractivity contribution >= 4 is 17.3 Å². The first-order chi connectivity index (χ1) is 8.33. The molecule has 1 aliphatic rings. The third-order valence-electron chi connectivity index (χ3n) is 3.65. The molecule has 3 heteroatoms. The van der Waals surface area contributed by atoms with Gasteiger partial charge in [-0.05, 0) is 37.5 Å². The average molecular weight is 246 g/mol. The van der Waals surface area contributed by atoms with Gasteiger partial charge in [-0.25, -0.2) is 0 Å². The fraction of sp³-hybridized carbons (Fsp3) is 0.533. The Balaban J connectivity index is 2.49. The van der Waals surface area contributed by atoms with Crippen molar-refractivity contribution in [2.75, 3.05) is 23.8 Å². The molecule has 3 nitrogen and oxygen atoms in total. The molecule has 1 aromatic rings. The van der Waals surface area contributed by atoms with E-state index < -0.39 is 0 Å². The third-order valence-corrected chi connectivity index (χ3v) is 3.65. The third kappa shape index (κ3) is 2.09. The Morgan fingerprint density at radius 2 is 2.00 bits per heavy atom. The summed E-state index contributed by atoms with van der Waals surface area (Å²) in [4.78, 5) is 14.2. The van der Waals surface area contributed by atoms with E-state index in [0.717, 1.165) is 11.4 Å². The van der Waals surface area contributed by atoms with Crippen LogP contribution in [0.4, 0.5) is 11.4 Å². The number of nitrogens with zero attached hydrogens (tertiary/aromatic N) is 1. The minimum atomic E-state index is -0.369. The van der Waals surface area contributed by atoms with Crippen molar-refractivity contribution in [3.05, 3.63) is 23.8 Å². The summed E-state index contributed by atoms with van der Waals surface area (Å²) in [5.74, 6) is 0.629. The maximum Gasteiger partial charge on any atom is 0.234 e. The van der Waals surface area contributed by atoms with E-state index in [9.17, 15) is 4.79 Å². The Bertz CT molecular complexity index is 477. The molecule has 0 aromatic heterocycles. The predicted molar refractivity (Wildman–Crippen MR) is 76.2 cm³/mol. The summed E-state index contributed by atoms with van der Waals surface area (Å²) < 4.78 is 0. The molecule has 0 spiro atoms. The lowest BCUT2D eigenvalue weighted by Crippen LogP contribution is -2.40. The molecule has 98 valence electrons. The number of amides is 1. The van der Waals surface area contributed by atoms with Crippen molar-refractivity contribution in [3.8, 4) is 0 Å². The number of fused-ring (bicyclic) bond motifs is 1. The molecular weight excluding hydrogens is 224 g/mol. The molecule has 1 N–H and O–H groups in total. The molecule has 0 fully saturated rings. The van der Waals surface area contributed by atoms with Gasteiger partial charge in [-0.3, -0.25) is 4.79 Å². The largest absolute Gasteiger partial charge is 0.382 e. The van der Waals surface area contributed by atoms with Crippen LogP contribution in [0.5, 0.6) is 0 Å². The highest BCUT2D eigenvalue weighted by Crippen LogP contribution is 2.35. The summed E-state index contributed by atoms with van der Waals surface area (Å²) in [6, 6.07) is 6.33. The minimum Gasteiger partial charge on any atom is -0.382 e. The van der Waals surface area contributed by atoms with Crippen LogP contribution >= 0.6 is 0 Å². The van der Waals surface area contributed by atoms with Crippen molar-refractivity contribution in [1.82, 2.24) is 0 Å². The maximum atomic E-state index is 12.4. The minimum absolute atomic E-state index is 0.162. The Hall–Kier alpha value is -1.51. The zero-order chi connectivity index (χ0) is 13.5. The molecular formula is C15H22N2O. The molecule has 0 radical (unpaired) electrons. The molecule has 0 atom stereocenters. The van der Waals surface area contributed by atoms with E-state index in [2.05, 4.69) is 37.4 Å². The van der Waals surface area contributed by atoms with E-state index in [1.54, 1.807) is 4.90 Å². The Morgan fingerprint density at radius 1 is 1.33 bits per heavy atom. The lowest BCUT2D eigenvalue weighted by atomic mass is 9.92. The van der Waals surface area contributed by atoms with E-state index in [1.165, 1.54) is 5.56 Å². The Morgan fingerprint density at radius 3 is 2.61 bits per heavy atom. The van der Waals surface area contributed by atoms with Crippen LogP contribution in [0.3, 0.4) is 0 Å². The van der Waals surface area contributed by atoms with Gasteiger partial charge < -0.3 is 10.2 Å². The van der Waals surface area contributed by atoms with Gasteiger partial charge in [0.15, 0.2) is 0 Å². The second kappa shape index (κ2) is 4.30. The van der Waals surface area contributed by atoms with E-state index >= 15 is 0 Å². The van der Waals surface area contributed by atoms with Gasteiger partial charge in [0.1, 0.15) is 0 Å². The first-order valence-corrected chi connectivity index (χ1v) is 6.49. The Labute approximate surface area is 109 Å². The van der Waals surface area contributed by atoms with Crippen LogP contribution in [0, 0.1) is 5.41 Å². The molecule has 1 heterocycles. The molecule has 0 saturated carbocycles. The van der Waals surface area contributed by atoms with Gasteiger partial charge in [0.25, 0.3) is 0 Å². The smallest absolute Gasteiger partial charge is 0.234 e. The molecule has 0 aliphatic carbocycles. The molecule has 1 aliphatic heterocycles. The zero-order valence-electron chi connectivity index (χ0n) is 11.9. The standard InChI is InChI=1S/C15H22N2O/c1-10(2)11-6-7-12-13(8-11)17(5)14(18)15(3,4)9-16-12/h6-8,10,16H,9H2,1-5H3. The number of benzene rings is 1. The van der Waals surface area contributed by atoms with E-state index in [1.807, 2.05) is 20.9 Å². The fourth-order valence-electron chi connectivity index (χ4n) is 2.29. The van der Waals surface area contributed by atoms with E-state index in [4.69, 9.17) is 0 Å². The SMILES string of the molecule is CC(C)c1ccc2c(c1)N(C)C(=O)C(C)(C)CN2. The van der Waals surface area contributed by atoms with Gasteiger partial charge in [-0.15, -0.1) is 0 Å². The molecule has 2 rings (SSSR count). The predicted octanol–water partition coefficient (Wildman–Crippen LogP) is 3.22. The monoisotopic (exact) mass is 246 g/mol. The second-order valence-electron chi connectivity index (χ2n) is 6.03. The van der Waals surface area contributed by atoms with Crippen LogP contribution in [-0.2, 0) is 4.79 Å². The first kappa shape index (κ1) is 12.9. The van der Waals surface area contributed by atoms with Gasteiger partial charge in [-0.2, -0.15) is 0 Å². The highest BCUT2D eigenvalue weighted by molar-refractivity contribution is 6.01. The zero-order valence-corrected chi connectivity index (χ0v) is 11.9. The molecule has 18 heavy (non-hydrogen) atoms. The number of nitrogens with one attached hydrogen (secondary N) is 1. The van der Waals surface area contributed by atoms with Crippen molar-refractivity contribution in [3.63, 3.8) is 0 Å². The first-order valence-electron chi connectivity index (χ1n) is 6.49. The van der Waals surface area contributed by atoms with E-state index in [0.29, 0.717) is 12.5 Å². The number of carbonyl (C=O) groups excluding carboxylic acids is 1. The summed E-state index contributed by atoms with van der Waals surface area (Å²) in [5, 5.41) is 3.38. The van der Waals surface area contributed by atoms with Crippen molar-refractivity contribution in [2.24, 2.45) is 5.41 Å². The molecule has 0 unspecified atom stereocenters. The fourth-order valence-corrected chi connectivity index (χ4v) is 2.29. The van der Waals surface area contributed by atoms with Gasteiger partial charge >= 0.3 is 0 Å². The highest BCUT2D eigenvalue weighted by Gasteiger charge is 2.34. The maximum absolute atomic E-state index is 12.4. The number of hydrogen-bond acceptors (Lipinski definition) is 2.